The maximum Gasteiger partial charge on any atom is 0.326 e. The van der Waals surface area contributed by atoms with Crippen molar-refractivity contribution in [2.24, 2.45) is 29.6 Å². The fourth-order valence-electron chi connectivity index (χ4n) is 7.69. The van der Waals surface area contributed by atoms with Gasteiger partial charge in [0.1, 0.15) is 11.8 Å². The molecule has 45 heavy (non-hydrogen) atoms. The summed E-state index contributed by atoms with van der Waals surface area (Å²) in [5.41, 5.74) is 1.11. The van der Waals surface area contributed by atoms with Crippen molar-refractivity contribution >= 4 is 87.3 Å². The zero-order valence-electron chi connectivity index (χ0n) is 23.3. The third-order valence-electron chi connectivity index (χ3n) is 9.37. The second kappa shape index (κ2) is 11.3. The van der Waals surface area contributed by atoms with Gasteiger partial charge in [-0.25, -0.2) is 4.79 Å². The second-order valence-corrected chi connectivity index (χ2v) is 15.1. The normalized spacial score (nSPS) is 28.4. The number of carboxylic acid groups (broad SMARTS) is 1. The molecule has 2 bridgehead atoms. The molecule has 1 aromatic heterocycles. The minimum absolute atomic E-state index is 0.124. The first kappa shape index (κ1) is 30.6. The molecule has 4 aliphatic rings. The molecular weight excluding hydrogens is 685 g/mol. The molecule has 3 aromatic rings. The second-order valence-electron chi connectivity index (χ2n) is 11.7. The Morgan fingerprint density at radius 1 is 1.07 bits per heavy atom. The summed E-state index contributed by atoms with van der Waals surface area (Å²) in [6.45, 7) is 1.01. The molecular formula is C30H24Cl3N3O7S2. The van der Waals surface area contributed by atoms with E-state index >= 15 is 0 Å². The smallest absolute Gasteiger partial charge is 0.326 e. The van der Waals surface area contributed by atoms with Crippen LogP contribution < -0.4 is 14.9 Å². The molecule has 234 valence electrons. The molecule has 0 radical (unpaired) electrons. The maximum absolute atomic E-state index is 13.7. The number of carbonyl (C=O) groups excluding carboxylic acids is 3. The molecule has 2 aliphatic carbocycles. The number of aliphatic carboxylic acids is 1. The Labute approximate surface area is 279 Å². The number of H-pyrrole nitrogens is 1. The molecule has 3 amide bonds. The van der Waals surface area contributed by atoms with Crippen molar-refractivity contribution in [3.63, 3.8) is 0 Å². The Morgan fingerprint density at radius 3 is 2.51 bits per heavy atom. The lowest BCUT2D eigenvalue weighted by Crippen LogP contribution is -2.44. The van der Waals surface area contributed by atoms with Crippen molar-refractivity contribution in [1.29, 1.82) is 0 Å². The van der Waals surface area contributed by atoms with Gasteiger partial charge in [-0.3, -0.25) is 24.1 Å². The molecule has 0 spiro atoms. The number of thiazole rings is 1. The molecule has 2 saturated carbocycles. The maximum atomic E-state index is 13.7. The number of anilines is 1. The number of hydrogen-bond acceptors (Lipinski definition) is 8. The number of likely N-dealkylation sites (tertiary alicyclic amines) is 1. The van der Waals surface area contributed by atoms with Gasteiger partial charge in [-0.1, -0.05) is 46.1 Å². The van der Waals surface area contributed by atoms with Crippen molar-refractivity contribution in [2.45, 2.75) is 35.6 Å². The topological polar surface area (TPSA) is 146 Å². The third kappa shape index (κ3) is 4.96. The first-order chi connectivity index (χ1) is 21.4. The SMILES string of the molecule is CC(C(=O)O)N1C(=O)C2C3CC(C2C1=O)C1C3Sc2[nH]c(=O)sc2[C@@H]1c1cc(Cl)ccc1OCC(=O)Nc1ccc(Cl)c(Cl)c1. The van der Waals surface area contributed by atoms with E-state index in [9.17, 15) is 29.1 Å². The van der Waals surface area contributed by atoms with Crippen LogP contribution in [0.4, 0.5) is 5.69 Å². The number of halogens is 3. The van der Waals surface area contributed by atoms with Crippen LogP contribution in [-0.2, 0) is 19.2 Å². The minimum Gasteiger partial charge on any atom is -0.483 e. The van der Waals surface area contributed by atoms with Crippen LogP contribution in [0.5, 0.6) is 5.75 Å². The molecule has 3 N–H and O–H groups in total. The molecule has 7 unspecified atom stereocenters. The van der Waals surface area contributed by atoms with Gasteiger partial charge < -0.3 is 20.1 Å². The number of benzene rings is 2. The summed E-state index contributed by atoms with van der Waals surface area (Å²) in [5.74, 6) is -4.46. The number of nitrogens with zero attached hydrogens (tertiary/aromatic N) is 1. The predicted molar refractivity (Wildman–Crippen MR) is 169 cm³/mol. The van der Waals surface area contributed by atoms with Gasteiger partial charge in [-0.05, 0) is 67.5 Å². The van der Waals surface area contributed by atoms with Crippen LogP contribution in [0.2, 0.25) is 15.1 Å². The fourth-order valence-corrected chi connectivity index (χ4v) is 11.0. The average molecular weight is 709 g/mol. The Morgan fingerprint density at radius 2 is 1.80 bits per heavy atom. The summed E-state index contributed by atoms with van der Waals surface area (Å²) in [6.07, 6.45) is 0.628. The summed E-state index contributed by atoms with van der Waals surface area (Å²) in [5, 5.41) is 14.0. The Kier molecular flexibility index (Phi) is 7.72. The highest BCUT2D eigenvalue weighted by atomic mass is 35.5. The van der Waals surface area contributed by atoms with Crippen LogP contribution >= 0.6 is 57.9 Å². The van der Waals surface area contributed by atoms with Crippen LogP contribution in [0.25, 0.3) is 0 Å². The minimum atomic E-state index is -1.26. The number of aromatic nitrogens is 1. The number of amides is 3. The zero-order valence-corrected chi connectivity index (χ0v) is 27.2. The standard InChI is InChI=1S/C30H24Cl3N3O7S2/c1-10(29(40)41)36-27(38)22-14-8-15(23(22)28(36)39)24-21(14)20(25-26(44-24)35-30(42)45-25)13-6-11(31)2-5-18(13)43-9-19(37)34-12-3-4-16(32)17(33)7-12/h2-7,10,14-15,20-24H,8-9H2,1H3,(H,34,37)(H,35,42)(H,40,41)/t10?,14?,15?,20-,21?,22?,23?,24?/m1/s1. The number of fused-ring (bicyclic) bond motifs is 9. The third-order valence-corrected chi connectivity index (χ3v) is 12.9. The van der Waals surface area contributed by atoms with Crippen molar-refractivity contribution in [1.82, 2.24) is 9.88 Å². The predicted octanol–water partition coefficient (Wildman–Crippen LogP) is 5.36. The average Bonchev–Trinajstić information content (AvgIpc) is 3.72. The lowest BCUT2D eigenvalue weighted by molar-refractivity contribution is -0.154. The van der Waals surface area contributed by atoms with Crippen LogP contribution in [0.15, 0.2) is 46.2 Å². The van der Waals surface area contributed by atoms with Crippen LogP contribution in [0.1, 0.15) is 29.7 Å². The first-order valence-electron chi connectivity index (χ1n) is 14.1. The van der Waals surface area contributed by atoms with Crippen LogP contribution in [0.3, 0.4) is 0 Å². The van der Waals surface area contributed by atoms with E-state index in [1.165, 1.54) is 24.8 Å². The highest BCUT2D eigenvalue weighted by Crippen LogP contribution is 2.69. The molecule has 10 nitrogen and oxygen atoms in total. The van der Waals surface area contributed by atoms with Gasteiger partial charge in [0.05, 0.1) is 26.9 Å². The van der Waals surface area contributed by atoms with E-state index in [1.54, 1.807) is 30.3 Å². The molecule has 15 heteroatoms. The number of imide groups is 1. The summed E-state index contributed by atoms with van der Waals surface area (Å²) >= 11 is 21.1. The molecule has 8 atom stereocenters. The number of carboxylic acids is 1. The van der Waals surface area contributed by atoms with Gasteiger partial charge in [-0.2, -0.15) is 0 Å². The molecule has 7 rings (SSSR count). The summed E-state index contributed by atoms with van der Waals surface area (Å²) in [6, 6.07) is 8.52. The largest absolute Gasteiger partial charge is 0.483 e. The highest BCUT2D eigenvalue weighted by molar-refractivity contribution is 8.00. The van der Waals surface area contributed by atoms with Gasteiger partial charge in [0.25, 0.3) is 5.91 Å². The van der Waals surface area contributed by atoms with Gasteiger partial charge >= 0.3 is 10.8 Å². The van der Waals surface area contributed by atoms with Crippen molar-refractivity contribution in [3.8, 4) is 5.75 Å². The van der Waals surface area contributed by atoms with E-state index in [2.05, 4.69) is 10.3 Å². The van der Waals surface area contributed by atoms with Crippen LogP contribution in [0, 0.1) is 29.6 Å². The molecule has 2 aliphatic heterocycles. The van der Waals surface area contributed by atoms with Gasteiger partial charge in [0.15, 0.2) is 6.61 Å². The number of nitrogens with one attached hydrogen (secondary N) is 2. The number of thioether (sulfide) groups is 1. The molecule has 2 aromatic carbocycles. The van der Waals surface area contributed by atoms with E-state index in [-0.39, 0.29) is 39.5 Å². The van der Waals surface area contributed by atoms with Crippen molar-refractivity contribution < 1.29 is 29.0 Å². The van der Waals surface area contributed by atoms with Gasteiger partial charge in [0.2, 0.25) is 11.8 Å². The van der Waals surface area contributed by atoms with E-state index in [0.717, 1.165) is 21.1 Å². The summed E-state index contributed by atoms with van der Waals surface area (Å²) in [4.78, 5) is 68.8. The number of aromatic amines is 1. The van der Waals surface area contributed by atoms with Gasteiger partial charge in [0, 0.05) is 32.3 Å². The number of ether oxygens (including phenoxy) is 1. The zero-order chi connectivity index (χ0) is 31.9. The number of carbonyl (C=O) groups is 4. The van der Waals surface area contributed by atoms with E-state index in [0.29, 0.717) is 38.5 Å². The van der Waals surface area contributed by atoms with Gasteiger partial charge in [-0.15, -0.1) is 11.8 Å². The first-order valence-corrected chi connectivity index (χ1v) is 16.9. The number of rotatable bonds is 7. The molecule has 3 heterocycles. The van der Waals surface area contributed by atoms with E-state index in [4.69, 9.17) is 39.5 Å². The Balaban J connectivity index is 1.23. The lowest BCUT2D eigenvalue weighted by Gasteiger charge is -2.43. The Bertz CT molecular complexity index is 1850. The lowest BCUT2D eigenvalue weighted by atomic mass is 9.68. The highest BCUT2D eigenvalue weighted by Gasteiger charge is 2.70. The van der Waals surface area contributed by atoms with Crippen molar-refractivity contribution in [3.05, 3.63) is 71.6 Å². The number of hydrogen-bond donors (Lipinski definition) is 3. The summed E-state index contributed by atoms with van der Waals surface area (Å²) < 4.78 is 6.07. The molecule has 3 fully saturated rings. The summed E-state index contributed by atoms with van der Waals surface area (Å²) in [7, 11) is 0. The van der Waals surface area contributed by atoms with E-state index in [1.807, 2.05) is 0 Å². The molecule has 1 saturated heterocycles. The Hall–Kier alpha value is -3.03. The quantitative estimate of drug-likeness (QED) is 0.278. The monoisotopic (exact) mass is 707 g/mol. The van der Waals surface area contributed by atoms with Crippen molar-refractivity contribution in [2.75, 3.05) is 11.9 Å². The van der Waals surface area contributed by atoms with E-state index < -0.39 is 47.5 Å². The van der Waals surface area contributed by atoms with Crippen LogP contribution in [-0.4, -0.2) is 56.6 Å². The fraction of sp³-hybridized carbons (Fsp3) is 0.367.